The number of carbonyl (C=O) groups is 1. The summed E-state index contributed by atoms with van der Waals surface area (Å²) in [4.78, 5) is 9.06. The van der Waals surface area contributed by atoms with Crippen LogP contribution in [0.15, 0.2) is 73.3 Å². The molecule has 2 atom stereocenters. The molecular formula is C46H21F26FeO3P2Sb+. The van der Waals surface area contributed by atoms with Gasteiger partial charge in [0.1, 0.15) is 34.8 Å². The van der Waals surface area contributed by atoms with Crippen molar-refractivity contribution >= 4 is 63.3 Å². The molecule has 6 aromatic carbocycles. The summed E-state index contributed by atoms with van der Waals surface area (Å²) < 4.78 is 371. The van der Waals surface area contributed by atoms with Crippen LogP contribution in [0, 0.1) is 148 Å². The van der Waals surface area contributed by atoms with Crippen LogP contribution < -0.4 is 21.2 Å². The monoisotopic (exact) mass is 1350 g/mol. The Morgan fingerprint density at radius 3 is 0.646 bits per heavy atom. The van der Waals surface area contributed by atoms with Gasteiger partial charge in [0.25, 0.3) is 0 Å². The Morgan fingerprint density at radius 1 is 0.342 bits per heavy atom. The average Bonchev–Trinajstić information content (AvgIpc) is 4.00. The predicted octanol–water partition coefficient (Wildman–Crippen LogP) is 14.9. The Bertz CT molecular complexity index is 2730. The minimum atomic E-state index is -11.2. The summed E-state index contributed by atoms with van der Waals surface area (Å²) >= 11 is -11.2. The van der Waals surface area contributed by atoms with Crippen LogP contribution in [0.2, 0.25) is 0 Å². The van der Waals surface area contributed by atoms with Crippen LogP contribution >= 0.6 is 16.3 Å². The van der Waals surface area contributed by atoms with Gasteiger partial charge in [-0.1, -0.05) is 67.2 Å². The van der Waals surface area contributed by atoms with E-state index in [9.17, 15) is 69.6 Å². The maximum Gasteiger partial charge on any atom is 2.00 e. The van der Waals surface area contributed by atoms with E-state index < -0.39 is 197 Å². The minimum absolute atomic E-state index is 0. The average molecular weight is 1360 g/mol. The van der Waals surface area contributed by atoms with E-state index >= 15 is 35.1 Å². The van der Waals surface area contributed by atoms with Crippen molar-refractivity contribution in [2.75, 3.05) is 0 Å². The van der Waals surface area contributed by atoms with Gasteiger partial charge in [-0.2, -0.15) is 0 Å². The Balaban J connectivity index is 0.000000837. The van der Waals surface area contributed by atoms with E-state index in [0.29, 0.717) is 6.29 Å². The molecule has 0 unspecified atom stereocenters. The third-order valence-corrected chi connectivity index (χ3v) is 13.3. The van der Waals surface area contributed by atoms with Crippen molar-refractivity contribution in [1.82, 2.24) is 0 Å². The van der Waals surface area contributed by atoms with Gasteiger partial charge in [-0.15, -0.1) is 0 Å². The molecule has 427 valence electrons. The van der Waals surface area contributed by atoms with E-state index in [1.54, 1.807) is 0 Å². The van der Waals surface area contributed by atoms with Crippen molar-refractivity contribution in [1.29, 1.82) is 0 Å². The molecule has 0 bridgehead atoms. The Hall–Kier alpha value is -4.97. The molecule has 7 rings (SSSR count). The number of hydrogen-bond acceptors (Lipinski definition) is 3. The number of carbonyl (C=O) groups excluding carboxylic acids is 1. The predicted molar refractivity (Wildman–Crippen MR) is 228 cm³/mol. The standard InChI is InChI=1S/C38H12F20O2P2.C5H5.C3H4O.6FH.Fe.Sb/c39-13-17(43)25(51)35(26(52)18(13)44)61(36-27(53)19(45)14(40)20(46)28(36)54)59-33(11-7-3-1-4-8-11)34(12-9-5-2-6-10-12)60-62(37-29(55)21(47)15(41)22(48)30(37)56)38-31(57)23(49)16(42)24(50)32(38)58;1-2-4-5-3-1;1-2-3-4;;;;;;;;/h1-10,33-34H;1-5H;2-3H,1H2;6*1H;;/q;;;;;;;;;+2;+5/p-6/t33-,34-;;;;;;;;;;/m1........../s1. The second-order valence-electron chi connectivity index (χ2n) is 14.4. The molecule has 33 heteroatoms. The minimum Gasteiger partial charge on any atom is 2.00 e. The first-order valence-corrected chi connectivity index (χ1v) is 28.2. The SMILES string of the molecule is C=CC=O.Fc1c(F)c(F)c(P(O[C@H](c2ccccc2)[C@H](OP(c2c(F)c(F)c(F)c(F)c2F)c2c(F)c(F)c(F)c(F)c2F)c2ccccc2)c2c(F)c(F)c(F)c(F)c2F)c(F)c1F.[CH]1[CH][CH][CH][CH]1.[F][Sb-]([F])([F])([F])([F])[F].[Fe+2]. The van der Waals surface area contributed by atoms with Crippen LogP contribution in [0.3, 0.4) is 0 Å². The van der Waals surface area contributed by atoms with Crippen LogP contribution in [-0.2, 0) is 30.9 Å². The molecular weight excluding hydrogens is 1330 g/mol. The van der Waals surface area contributed by atoms with Crippen molar-refractivity contribution in [3.8, 4) is 0 Å². The van der Waals surface area contributed by atoms with Crippen molar-refractivity contribution in [2.45, 2.75) is 12.2 Å². The number of allylic oxidation sites excluding steroid dienone is 1. The molecule has 1 aliphatic carbocycles. The second-order valence-corrected chi connectivity index (χ2v) is 23.3. The molecule has 6 aromatic rings. The van der Waals surface area contributed by atoms with Gasteiger partial charge in [-0.3, -0.25) is 4.79 Å². The van der Waals surface area contributed by atoms with Gasteiger partial charge in [0, 0.05) is 0 Å². The second kappa shape index (κ2) is 26.7. The van der Waals surface area contributed by atoms with Gasteiger partial charge in [0.05, 0.1) is 21.2 Å². The first-order chi connectivity index (χ1) is 36.0. The Morgan fingerprint density at radius 2 is 0.494 bits per heavy atom. The zero-order valence-corrected chi connectivity index (χ0v) is 42.9. The largest absolute Gasteiger partial charge is 2.00 e. The van der Waals surface area contributed by atoms with Gasteiger partial charge in [0.15, 0.2) is 93.1 Å². The van der Waals surface area contributed by atoms with Crippen molar-refractivity contribution in [3.63, 3.8) is 0 Å². The molecule has 0 heterocycles. The van der Waals surface area contributed by atoms with Crippen LogP contribution in [0.25, 0.3) is 0 Å². The van der Waals surface area contributed by atoms with E-state index in [2.05, 4.69) is 6.58 Å². The zero-order chi connectivity index (χ0) is 59.2. The van der Waals surface area contributed by atoms with Gasteiger partial charge >= 0.3 is 53.4 Å². The number of benzene rings is 6. The van der Waals surface area contributed by atoms with Gasteiger partial charge < -0.3 is 9.05 Å². The van der Waals surface area contributed by atoms with Gasteiger partial charge in [0.2, 0.25) is 23.3 Å². The molecule has 5 radical (unpaired) electrons. The molecule has 0 aliphatic heterocycles. The van der Waals surface area contributed by atoms with E-state index in [4.69, 9.17) is 13.8 Å². The molecule has 3 nitrogen and oxygen atoms in total. The summed E-state index contributed by atoms with van der Waals surface area (Å²) in [5, 5.41) is -9.80. The quantitative estimate of drug-likeness (QED) is 0.0233. The van der Waals surface area contributed by atoms with E-state index in [1.807, 2.05) is 32.1 Å². The maximum atomic E-state index is 15.6. The molecule has 1 fully saturated rings. The molecule has 0 saturated heterocycles. The van der Waals surface area contributed by atoms with E-state index in [1.165, 1.54) is 6.08 Å². The summed E-state index contributed by atoms with van der Waals surface area (Å²) in [6.07, 6.45) is 6.23. The fraction of sp³-hybridized carbons (Fsp3) is 0.0435. The zero-order valence-electron chi connectivity index (χ0n) is 37.4. The summed E-state index contributed by atoms with van der Waals surface area (Å²) in [6.45, 7) is 3.11. The summed E-state index contributed by atoms with van der Waals surface area (Å²) in [5.74, 6) is -59.1. The van der Waals surface area contributed by atoms with E-state index in [0.717, 1.165) is 60.7 Å². The Labute approximate surface area is 442 Å². The number of rotatable bonds is 12. The number of halogens is 26. The number of hydrogen-bond donors (Lipinski definition) is 0. The van der Waals surface area contributed by atoms with Crippen LogP contribution in [0.5, 0.6) is 0 Å². The third-order valence-electron chi connectivity index (χ3n) is 9.18. The molecule has 0 spiro atoms. The van der Waals surface area contributed by atoms with Crippen molar-refractivity contribution in [3.05, 3.63) is 233 Å². The van der Waals surface area contributed by atoms with Crippen LogP contribution in [0.1, 0.15) is 23.3 Å². The molecule has 79 heavy (non-hydrogen) atoms. The maximum absolute atomic E-state index is 15.6. The molecule has 0 N–H and O–H groups in total. The fourth-order valence-electron chi connectivity index (χ4n) is 5.94. The normalized spacial score (nSPS) is 13.9. The topological polar surface area (TPSA) is 35.5 Å². The molecule has 0 amide bonds. The van der Waals surface area contributed by atoms with Crippen molar-refractivity contribution < 1.29 is 136 Å². The van der Waals surface area contributed by atoms with Crippen LogP contribution in [-0.4, -0.2) is 25.8 Å². The molecule has 1 aliphatic rings. The molecule has 1 saturated carbocycles. The number of aldehydes is 1. The van der Waals surface area contributed by atoms with E-state index in [-0.39, 0.29) is 17.1 Å². The molecule has 0 aromatic heterocycles. The van der Waals surface area contributed by atoms with Gasteiger partial charge in [-0.05, 0) is 49.3 Å². The third kappa shape index (κ3) is 16.6. The van der Waals surface area contributed by atoms with Crippen molar-refractivity contribution in [2.24, 2.45) is 0 Å². The first-order valence-electron chi connectivity index (χ1n) is 19.9. The van der Waals surface area contributed by atoms with Gasteiger partial charge in [-0.25, -0.2) is 87.8 Å². The fourth-order valence-corrected chi connectivity index (χ4v) is 9.94. The van der Waals surface area contributed by atoms with Crippen LogP contribution in [0.4, 0.5) is 105 Å². The first kappa shape index (κ1) is 68.3. The smallest absolute Gasteiger partial charge is 2.00 e. The summed E-state index contributed by atoms with van der Waals surface area (Å²) in [6, 6.07) is 9.64. The Kier molecular flexibility index (Phi) is 23.1. The summed E-state index contributed by atoms with van der Waals surface area (Å²) in [5.41, 5.74) is -1.38. The summed E-state index contributed by atoms with van der Waals surface area (Å²) in [7, 11) is -9.60.